The van der Waals surface area contributed by atoms with Gasteiger partial charge in [0.05, 0.1) is 13.2 Å². The zero-order valence-corrected chi connectivity index (χ0v) is 11.7. The van der Waals surface area contributed by atoms with Gasteiger partial charge in [-0.15, -0.1) is 0 Å². The minimum absolute atomic E-state index is 0.0835. The average molecular weight is 262 g/mol. The molecule has 4 nitrogen and oxygen atoms in total. The van der Waals surface area contributed by atoms with Gasteiger partial charge in [0.25, 0.3) is 0 Å². The number of hydrogen-bond acceptors (Lipinski definition) is 3. The summed E-state index contributed by atoms with van der Waals surface area (Å²) in [6.07, 6.45) is 0.535. The van der Waals surface area contributed by atoms with Crippen LogP contribution >= 0.6 is 0 Å². The molecule has 1 saturated heterocycles. The van der Waals surface area contributed by atoms with Crippen LogP contribution in [0.15, 0.2) is 18.2 Å². The predicted octanol–water partition coefficient (Wildman–Crippen LogP) is 1.96. The Labute approximate surface area is 114 Å². The van der Waals surface area contributed by atoms with E-state index in [0.717, 1.165) is 44.1 Å². The van der Waals surface area contributed by atoms with Gasteiger partial charge in [-0.05, 0) is 31.0 Å². The van der Waals surface area contributed by atoms with Crippen molar-refractivity contribution in [2.45, 2.75) is 20.3 Å². The molecule has 2 rings (SSSR count). The third kappa shape index (κ3) is 4.04. The first-order valence-electron chi connectivity index (χ1n) is 6.83. The summed E-state index contributed by atoms with van der Waals surface area (Å²) >= 11 is 0. The fourth-order valence-electron chi connectivity index (χ4n) is 2.18. The van der Waals surface area contributed by atoms with E-state index in [2.05, 4.69) is 23.2 Å². The van der Waals surface area contributed by atoms with Gasteiger partial charge in [0.2, 0.25) is 5.91 Å². The van der Waals surface area contributed by atoms with Gasteiger partial charge in [-0.3, -0.25) is 9.69 Å². The van der Waals surface area contributed by atoms with Crippen molar-refractivity contribution in [3.8, 4) is 0 Å². The molecule has 0 bridgehead atoms. The van der Waals surface area contributed by atoms with Crippen LogP contribution in [0.5, 0.6) is 0 Å². The number of rotatable bonds is 4. The summed E-state index contributed by atoms with van der Waals surface area (Å²) in [5.41, 5.74) is 3.26. The summed E-state index contributed by atoms with van der Waals surface area (Å²) in [6.45, 7) is 8.30. The second kappa shape index (κ2) is 6.68. The molecule has 0 atom stereocenters. The third-order valence-corrected chi connectivity index (χ3v) is 3.64. The van der Waals surface area contributed by atoms with Crippen LogP contribution in [0.4, 0.5) is 5.69 Å². The van der Waals surface area contributed by atoms with Crippen molar-refractivity contribution in [1.29, 1.82) is 0 Å². The average Bonchev–Trinajstić information content (AvgIpc) is 2.43. The van der Waals surface area contributed by atoms with Crippen LogP contribution in [0.3, 0.4) is 0 Å². The van der Waals surface area contributed by atoms with Crippen LogP contribution in [0.1, 0.15) is 17.5 Å². The molecule has 0 aliphatic carbocycles. The third-order valence-electron chi connectivity index (χ3n) is 3.64. The molecule has 1 fully saturated rings. The van der Waals surface area contributed by atoms with Gasteiger partial charge in [-0.25, -0.2) is 0 Å². The zero-order valence-electron chi connectivity index (χ0n) is 11.7. The van der Waals surface area contributed by atoms with E-state index >= 15 is 0 Å². The molecule has 0 saturated carbocycles. The lowest BCUT2D eigenvalue weighted by atomic mass is 10.1. The summed E-state index contributed by atoms with van der Waals surface area (Å²) in [4.78, 5) is 14.2. The van der Waals surface area contributed by atoms with E-state index in [4.69, 9.17) is 4.74 Å². The van der Waals surface area contributed by atoms with Crippen LogP contribution in [0.2, 0.25) is 0 Å². The van der Waals surface area contributed by atoms with E-state index in [9.17, 15) is 4.79 Å². The first-order chi connectivity index (χ1) is 9.16. The number of anilines is 1. The largest absolute Gasteiger partial charge is 0.379 e. The van der Waals surface area contributed by atoms with E-state index < -0.39 is 0 Å². The van der Waals surface area contributed by atoms with Crippen LogP contribution in [-0.4, -0.2) is 43.7 Å². The summed E-state index contributed by atoms with van der Waals surface area (Å²) in [6, 6.07) is 5.98. The highest BCUT2D eigenvalue weighted by molar-refractivity contribution is 5.91. The Bertz CT molecular complexity index is 440. The minimum atomic E-state index is 0.0835. The fourth-order valence-corrected chi connectivity index (χ4v) is 2.18. The molecule has 1 aromatic carbocycles. The van der Waals surface area contributed by atoms with E-state index in [1.54, 1.807) is 0 Å². The Balaban J connectivity index is 1.82. The molecule has 1 aliphatic rings. The maximum absolute atomic E-state index is 11.9. The number of carbonyl (C=O) groups is 1. The lowest BCUT2D eigenvalue weighted by molar-refractivity contribution is -0.116. The molecule has 1 aromatic rings. The van der Waals surface area contributed by atoms with Gasteiger partial charge < -0.3 is 10.1 Å². The minimum Gasteiger partial charge on any atom is -0.379 e. The SMILES string of the molecule is Cc1cccc(NC(=O)CCN2CCOCC2)c1C. The van der Waals surface area contributed by atoms with Gasteiger partial charge in [-0.1, -0.05) is 12.1 Å². The molecule has 0 radical (unpaired) electrons. The molecule has 1 amide bonds. The summed E-state index contributed by atoms with van der Waals surface area (Å²) in [5, 5.41) is 2.99. The molecule has 0 aromatic heterocycles. The highest BCUT2D eigenvalue weighted by Crippen LogP contribution is 2.18. The van der Waals surface area contributed by atoms with Crippen LogP contribution < -0.4 is 5.32 Å². The lowest BCUT2D eigenvalue weighted by Crippen LogP contribution is -2.38. The number of ether oxygens (including phenoxy) is 1. The van der Waals surface area contributed by atoms with E-state index in [1.807, 2.05) is 19.1 Å². The normalized spacial score (nSPS) is 16.3. The van der Waals surface area contributed by atoms with Gasteiger partial charge in [0.15, 0.2) is 0 Å². The van der Waals surface area contributed by atoms with Crippen LogP contribution in [0, 0.1) is 13.8 Å². The first kappa shape index (κ1) is 14.0. The first-order valence-corrected chi connectivity index (χ1v) is 6.83. The summed E-state index contributed by atoms with van der Waals surface area (Å²) in [5.74, 6) is 0.0835. The van der Waals surface area contributed by atoms with Crippen molar-refractivity contribution >= 4 is 11.6 Å². The summed E-state index contributed by atoms with van der Waals surface area (Å²) < 4.78 is 5.29. The maximum Gasteiger partial charge on any atom is 0.225 e. The standard InChI is InChI=1S/C15H22N2O2/c1-12-4-3-5-14(13(12)2)16-15(18)6-7-17-8-10-19-11-9-17/h3-5H,6-11H2,1-2H3,(H,16,18). The molecule has 1 aliphatic heterocycles. The molecule has 0 unspecified atom stereocenters. The molecule has 19 heavy (non-hydrogen) atoms. The predicted molar refractivity (Wildman–Crippen MR) is 76.4 cm³/mol. The van der Waals surface area contributed by atoms with Gasteiger partial charge in [0, 0.05) is 31.7 Å². The van der Waals surface area contributed by atoms with Crippen molar-refractivity contribution in [3.05, 3.63) is 29.3 Å². The quantitative estimate of drug-likeness (QED) is 0.902. The Hall–Kier alpha value is -1.39. The van der Waals surface area contributed by atoms with Crippen molar-refractivity contribution in [3.63, 3.8) is 0 Å². The number of amides is 1. The second-order valence-corrected chi connectivity index (χ2v) is 5.00. The molecule has 104 valence electrons. The van der Waals surface area contributed by atoms with Crippen molar-refractivity contribution in [2.75, 3.05) is 38.2 Å². The molecular formula is C15H22N2O2. The number of nitrogens with one attached hydrogen (secondary N) is 1. The fraction of sp³-hybridized carbons (Fsp3) is 0.533. The van der Waals surface area contributed by atoms with Crippen molar-refractivity contribution in [1.82, 2.24) is 4.90 Å². The Morgan fingerprint density at radius 2 is 2.05 bits per heavy atom. The van der Waals surface area contributed by atoms with Crippen molar-refractivity contribution in [2.24, 2.45) is 0 Å². The van der Waals surface area contributed by atoms with Crippen LogP contribution in [-0.2, 0) is 9.53 Å². The van der Waals surface area contributed by atoms with Gasteiger partial charge in [0.1, 0.15) is 0 Å². The highest BCUT2D eigenvalue weighted by atomic mass is 16.5. The molecular weight excluding hydrogens is 240 g/mol. The number of nitrogens with zero attached hydrogens (tertiary/aromatic N) is 1. The molecule has 1 heterocycles. The number of aryl methyl sites for hydroxylation is 1. The van der Waals surface area contributed by atoms with Crippen LogP contribution in [0.25, 0.3) is 0 Å². The molecule has 0 spiro atoms. The van der Waals surface area contributed by atoms with Crippen molar-refractivity contribution < 1.29 is 9.53 Å². The number of hydrogen-bond donors (Lipinski definition) is 1. The summed E-state index contributed by atoms with van der Waals surface area (Å²) in [7, 11) is 0. The number of morpholine rings is 1. The number of benzene rings is 1. The van der Waals surface area contributed by atoms with E-state index in [0.29, 0.717) is 6.42 Å². The Morgan fingerprint density at radius 1 is 1.32 bits per heavy atom. The molecule has 4 heteroatoms. The Morgan fingerprint density at radius 3 is 2.79 bits per heavy atom. The second-order valence-electron chi connectivity index (χ2n) is 5.00. The topological polar surface area (TPSA) is 41.6 Å². The highest BCUT2D eigenvalue weighted by Gasteiger charge is 2.12. The number of carbonyl (C=O) groups excluding carboxylic acids is 1. The van der Waals surface area contributed by atoms with Gasteiger partial charge in [-0.2, -0.15) is 0 Å². The van der Waals surface area contributed by atoms with E-state index in [1.165, 1.54) is 5.56 Å². The maximum atomic E-state index is 11.9. The van der Waals surface area contributed by atoms with E-state index in [-0.39, 0.29) is 5.91 Å². The Kier molecular flexibility index (Phi) is 4.93. The van der Waals surface area contributed by atoms with Gasteiger partial charge >= 0.3 is 0 Å². The molecule has 1 N–H and O–H groups in total. The zero-order chi connectivity index (χ0) is 13.7. The smallest absolute Gasteiger partial charge is 0.225 e. The lowest BCUT2D eigenvalue weighted by Gasteiger charge is -2.26. The monoisotopic (exact) mass is 262 g/mol.